The van der Waals surface area contributed by atoms with Gasteiger partial charge in [0.05, 0.1) is 6.54 Å². The Morgan fingerprint density at radius 2 is 2.08 bits per heavy atom. The van der Waals surface area contributed by atoms with E-state index >= 15 is 0 Å². The van der Waals surface area contributed by atoms with Gasteiger partial charge in [0.2, 0.25) is 5.84 Å². The van der Waals surface area contributed by atoms with Crippen molar-refractivity contribution in [3.8, 4) is 0 Å². The van der Waals surface area contributed by atoms with Crippen LogP contribution in [0.4, 0.5) is 17.6 Å². The molecule has 0 aromatic heterocycles. The second kappa shape index (κ2) is 3.39. The van der Waals surface area contributed by atoms with E-state index in [0.29, 0.717) is 0 Å². The van der Waals surface area contributed by atoms with Crippen LogP contribution < -0.4 is 0 Å². The monoisotopic (exact) mass is 198 g/mol. The van der Waals surface area contributed by atoms with Crippen LogP contribution in [0, 0.1) is 6.67 Å². The van der Waals surface area contributed by atoms with Crippen LogP contribution in [0.5, 0.6) is 0 Å². The molecule has 0 amide bonds. The lowest BCUT2D eigenvalue weighted by molar-refractivity contribution is -0.0657. The van der Waals surface area contributed by atoms with Gasteiger partial charge < -0.3 is 4.90 Å². The lowest BCUT2D eigenvalue weighted by Gasteiger charge is -2.14. The van der Waals surface area contributed by atoms with Crippen molar-refractivity contribution in [3.63, 3.8) is 0 Å². The first kappa shape index (κ1) is 10.1. The van der Waals surface area contributed by atoms with Crippen molar-refractivity contribution in [1.82, 2.24) is 9.91 Å². The van der Waals surface area contributed by atoms with E-state index in [4.69, 9.17) is 0 Å². The summed E-state index contributed by atoms with van der Waals surface area (Å²) in [6.07, 6.45) is -4.49. The van der Waals surface area contributed by atoms with E-state index < -0.39 is 18.7 Å². The van der Waals surface area contributed by atoms with E-state index in [-0.39, 0.29) is 6.54 Å². The quantitative estimate of drug-likeness (QED) is 0.621. The molecule has 0 aliphatic carbocycles. The molecule has 0 saturated heterocycles. The third-order valence-electron chi connectivity index (χ3n) is 1.43. The van der Waals surface area contributed by atoms with Crippen LogP contribution in [0.25, 0.3) is 0 Å². The van der Waals surface area contributed by atoms with E-state index in [1.54, 1.807) is 0 Å². The molecule has 0 atom stereocenters. The Morgan fingerprint density at radius 3 is 2.46 bits per heavy atom. The summed E-state index contributed by atoms with van der Waals surface area (Å²) < 4.78 is 48.1. The van der Waals surface area contributed by atoms with Crippen molar-refractivity contribution >= 4 is 5.84 Å². The van der Waals surface area contributed by atoms with Gasteiger partial charge in [-0.25, -0.2) is 4.39 Å². The molecule has 0 aromatic rings. The predicted octanol–water partition coefficient (Wildman–Crippen LogP) is 1.20. The summed E-state index contributed by atoms with van der Waals surface area (Å²) in [6.45, 7) is 0.200. The van der Waals surface area contributed by atoms with Gasteiger partial charge in [-0.15, -0.1) is 0 Å². The number of hydrogen-bond acceptors (Lipinski definition) is 3. The minimum Gasteiger partial charge on any atom is -0.329 e. The minimum atomic E-state index is -4.49. The second-order valence-corrected chi connectivity index (χ2v) is 2.50. The predicted molar refractivity (Wildman–Crippen MR) is 38.2 cm³/mol. The van der Waals surface area contributed by atoms with Crippen LogP contribution >= 0.6 is 0 Å². The summed E-state index contributed by atoms with van der Waals surface area (Å²) >= 11 is 0. The summed E-state index contributed by atoms with van der Waals surface area (Å²) in [4.78, 5) is 0.815. The van der Waals surface area contributed by atoms with Gasteiger partial charge in [-0.1, -0.05) is 0 Å². The highest BCUT2D eigenvalue weighted by Gasteiger charge is 2.42. The maximum atomic E-state index is 12.1. The number of hydrazone groups is 1. The molecule has 1 heterocycles. The zero-order valence-corrected chi connectivity index (χ0v) is 6.85. The standard InChI is InChI=1S/C6H8F4N3/c1-12-4-13(3-2-7)11-5(12)6(8,9)10/h4H,2-3H2,1H3. The Balaban J connectivity index is 2.68. The van der Waals surface area contributed by atoms with Crippen LogP contribution in [-0.2, 0) is 0 Å². The first-order chi connectivity index (χ1) is 5.95. The first-order valence-electron chi connectivity index (χ1n) is 3.51. The third-order valence-corrected chi connectivity index (χ3v) is 1.43. The Hall–Kier alpha value is -1.01. The maximum Gasteiger partial charge on any atom is 0.451 e. The molecule has 0 bridgehead atoms. The number of rotatable bonds is 2. The fourth-order valence-electron chi connectivity index (χ4n) is 0.924. The minimum absolute atomic E-state index is 0.163. The average molecular weight is 198 g/mol. The molecule has 1 radical (unpaired) electrons. The van der Waals surface area contributed by atoms with Gasteiger partial charge >= 0.3 is 6.18 Å². The zero-order valence-electron chi connectivity index (χ0n) is 6.85. The third kappa shape index (κ3) is 2.22. The molecule has 75 valence electrons. The maximum absolute atomic E-state index is 12.1. The van der Waals surface area contributed by atoms with Gasteiger partial charge in [0.15, 0.2) is 6.67 Å². The molecule has 3 nitrogen and oxygen atoms in total. The number of nitrogens with zero attached hydrogens (tertiary/aromatic N) is 3. The molecule has 0 aromatic carbocycles. The molecular weight excluding hydrogens is 190 g/mol. The number of halogens is 4. The highest BCUT2D eigenvalue weighted by Crippen LogP contribution is 2.24. The Bertz CT molecular complexity index is 212. The molecule has 0 N–H and O–H groups in total. The molecule has 1 aliphatic heterocycles. The summed E-state index contributed by atoms with van der Waals surface area (Å²) in [7, 11) is 1.21. The van der Waals surface area contributed by atoms with Crippen LogP contribution in [0.2, 0.25) is 0 Å². The molecular formula is C6H8F4N3. The zero-order chi connectivity index (χ0) is 10.1. The molecule has 0 unspecified atom stereocenters. The lowest BCUT2D eigenvalue weighted by Crippen LogP contribution is -2.33. The van der Waals surface area contributed by atoms with E-state index in [2.05, 4.69) is 5.10 Å². The van der Waals surface area contributed by atoms with Gasteiger partial charge in [-0.05, 0) is 0 Å². The first-order valence-corrected chi connectivity index (χ1v) is 3.51. The number of alkyl halides is 4. The Kier molecular flexibility index (Phi) is 2.63. The summed E-state index contributed by atoms with van der Waals surface area (Å²) in [5.41, 5.74) is 0. The van der Waals surface area contributed by atoms with Crippen molar-refractivity contribution < 1.29 is 17.6 Å². The molecule has 13 heavy (non-hydrogen) atoms. The number of hydrogen-bond donors (Lipinski definition) is 0. The largest absolute Gasteiger partial charge is 0.451 e. The van der Waals surface area contributed by atoms with E-state index in [1.807, 2.05) is 0 Å². The van der Waals surface area contributed by atoms with Crippen LogP contribution in [0.3, 0.4) is 0 Å². The highest BCUT2D eigenvalue weighted by atomic mass is 19.4. The summed E-state index contributed by atoms with van der Waals surface area (Å²) in [6, 6.07) is 0. The Labute approximate surface area is 72.6 Å². The second-order valence-electron chi connectivity index (χ2n) is 2.50. The lowest BCUT2D eigenvalue weighted by atomic mass is 10.5. The van der Waals surface area contributed by atoms with Crippen LogP contribution in [0.15, 0.2) is 5.10 Å². The van der Waals surface area contributed by atoms with Crippen LogP contribution in [0.1, 0.15) is 0 Å². The molecule has 1 rings (SSSR count). The fourth-order valence-corrected chi connectivity index (χ4v) is 0.924. The average Bonchev–Trinajstić information content (AvgIpc) is 2.30. The van der Waals surface area contributed by atoms with Crippen LogP contribution in [-0.4, -0.2) is 42.2 Å². The van der Waals surface area contributed by atoms with Gasteiger partial charge in [0.25, 0.3) is 0 Å². The van der Waals surface area contributed by atoms with E-state index in [0.717, 1.165) is 16.6 Å². The fraction of sp³-hybridized carbons (Fsp3) is 0.667. The smallest absolute Gasteiger partial charge is 0.329 e. The van der Waals surface area contributed by atoms with Gasteiger partial charge in [-0.3, -0.25) is 5.01 Å². The SMILES string of the molecule is CN1[CH]N(CCF)N=C1C(F)(F)F. The van der Waals surface area contributed by atoms with E-state index in [1.165, 1.54) is 7.05 Å². The molecule has 0 spiro atoms. The van der Waals surface area contributed by atoms with Gasteiger partial charge in [-0.2, -0.15) is 18.3 Å². The van der Waals surface area contributed by atoms with Gasteiger partial charge in [0, 0.05) is 7.05 Å². The molecule has 0 fully saturated rings. The van der Waals surface area contributed by atoms with E-state index in [9.17, 15) is 17.6 Å². The van der Waals surface area contributed by atoms with Crippen molar-refractivity contribution in [2.24, 2.45) is 5.10 Å². The number of amidine groups is 1. The molecule has 1 aliphatic rings. The summed E-state index contributed by atoms with van der Waals surface area (Å²) in [5, 5.41) is 4.10. The topological polar surface area (TPSA) is 18.8 Å². The normalized spacial score (nSPS) is 18.1. The van der Waals surface area contributed by atoms with Crippen molar-refractivity contribution in [2.75, 3.05) is 20.3 Å². The summed E-state index contributed by atoms with van der Waals surface area (Å²) in [5.74, 6) is -1.03. The van der Waals surface area contributed by atoms with Crippen molar-refractivity contribution in [2.45, 2.75) is 6.18 Å². The molecule has 7 heteroatoms. The van der Waals surface area contributed by atoms with Gasteiger partial charge in [0.1, 0.15) is 6.67 Å². The van der Waals surface area contributed by atoms with Crippen molar-refractivity contribution in [1.29, 1.82) is 0 Å². The Morgan fingerprint density at radius 1 is 1.46 bits per heavy atom. The molecule has 0 saturated carbocycles. The highest BCUT2D eigenvalue weighted by molar-refractivity contribution is 5.88. The van der Waals surface area contributed by atoms with Crippen molar-refractivity contribution in [3.05, 3.63) is 6.67 Å².